The van der Waals surface area contributed by atoms with Crippen molar-refractivity contribution in [3.8, 4) is 0 Å². The summed E-state index contributed by atoms with van der Waals surface area (Å²) in [6.45, 7) is 2.04. The average Bonchev–Trinajstić information content (AvgIpc) is 2.61. The van der Waals surface area contributed by atoms with E-state index in [4.69, 9.17) is 16.7 Å². The third-order valence-corrected chi connectivity index (χ3v) is 4.36. The lowest BCUT2D eigenvalue weighted by atomic mass is 10.0. The molecule has 0 radical (unpaired) electrons. The van der Waals surface area contributed by atoms with Gasteiger partial charge in [0, 0.05) is 42.0 Å². The van der Waals surface area contributed by atoms with Crippen molar-refractivity contribution in [3.05, 3.63) is 64.7 Å². The Bertz CT molecular complexity index is 676. The van der Waals surface area contributed by atoms with Crippen LogP contribution in [0.3, 0.4) is 0 Å². The zero-order valence-electron chi connectivity index (χ0n) is 13.4. The van der Waals surface area contributed by atoms with Crippen molar-refractivity contribution < 1.29 is 0 Å². The zero-order chi connectivity index (χ0) is 16.1. The molecule has 1 N–H and O–H groups in total. The molecule has 4 heteroatoms. The number of halogens is 1. The molecule has 2 aromatic carbocycles. The first-order chi connectivity index (χ1) is 11.3. The minimum atomic E-state index is 0.723. The van der Waals surface area contributed by atoms with Crippen molar-refractivity contribution in [2.75, 3.05) is 25.5 Å². The number of piperidine rings is 1. The van der Waals surface area contributed by atoms with Crippen LogP contribution in [-0.4, -0.2) is 30.9 Å². The molecule has 0 saturated carbocycles. The maximum atomic E-state index is 6.25. The number of hydrogen-bond donors (Lipinski definition) is 1. The predicted octanol–water partition coefficient (Wildman–Crippen LogP) is 4.62. The quantitative estimate of drug-likeness (QED) is 0.830. The number of rotatable bonds is 4. The van der Waals surface area contributed by atoms with Crippen LogP contribution in [0, 0.1) is 0 Å². The molecule has 1 fully saturated rings. The van der Waals surface area contributed by atoms with Crippen molar-refractivity contribution in [1.29, 1.82) is 0 Å². The first-order valence-electron chi connectivity index (χ1n) is 8.14. The topological polar surface area (TPSA) is 27.6 Å². The van der Waals surface area contributed by atoms with Gasteiger partial charge in [-0.3, -0.25) is 5.01 Å². The fourth-order valence-corrected chi connectivity index (χ4v) is 3.08. The maximum absolute atomic E-state index is 6.25. The van der Waals surface area contributed by atoms with Gasteiger partial charge in [-0.1, -0.05) is 41.9 Å². The van der Waals surface area contributed by atoms with Gasteiger partial charge in [-0.25, -0.2) is 0 Å². The van der Waals surface area contributed by atoms with Crippen LogP contribution in [0.2, 0.25) is 5.02 Å². The lowest BCUT2D eigenvalue weighted by molar-refractivity contribution is 0.239. The summed E-state index contributed by atoms with van der Waals surface area (Å²) in [6, 6.07) is 16.2. The lowest BCUT2D eigenvalue weighted by Crippen LogP contribution is -2.26. The molecule has 0 aliphatic carbocycles. The summed E-state index contributed by atoms with van der Waals surface area (Å²) in [4.78, 5) is 0. The molecular weight excluding hydrogens is 306 g/mol. The van der Waals surface area contributed by atoms with E-state index in [0.29, 0.717) is 0 Å². The van der Waals surface area contributed by atoms with Gasteiger partial charge < -0.3 is 5.32 Å². The molecular formula is C19H22ClN3. The summed E-state index contributed by atoms with van der Waals surface area (Å²) in [5.41, 5.74) is 4.15. The standard InChI is InChI=1S/C19H22ClN3/c1-21-18-11-10-16(20)14-17(18)19(15-8-4-2-5-9-15)22-23-12-6-3-7-13-23/h2,4-5,8-11,14,21H,3,6-7,12-13H2,1H3/b22-19-. The summed E-state index contributed by atoms with van der Waals surface area (Å²) < 4.78 is 0. The van der Waals surface area contributed by atoms with Gasteiger partial charge in [0.05, 0.1) is 5.71 Å². The van der Waals surface area contributed by atoms with Crippen LogP contribution in [0.15, 0.2) is 53.6 Å². The Morgan fingerprint density at radius 1 is 1.04 bits per heavy atom. The molecule has 0 bridgehead atoms. The van der Waals surface area contributed by atoms with Crippen LogP contribution in [-0.2, 0) is 0 Å². The van der Waals surface area contributed by atoms with E-state index in [1.165, 1.54) is 19.3 Å². The van der Waals surface area contributed by atoms with Gasteiger partial charge in [0.2, 0.25) is 0 Å². The average molecular weight is 328 g/mol. The molecule has 1 heterocycles. The van der Waals surface area contributed by atoms with Gasteiger partial charge >= 0.3 is 0 Å². The highest BCUT2D eigenvalue weighted by Crippen LogP contribution is 2.25. The normalized spacial score (nSPS) is 15.6. The van der Waals surface area contributed by atoms with E-state index < -0.39 is 0 Å². The number of nitrogens with zero attached hydrogens (tertiary/aromatic N) is 2. The second-order valence-corrected chi connectivity index (χ2v) is 6.21. The summed E-state index contributed by atoms with van der Waals surface area (Å²) in [5.74, 6) is 0. The molecule has 2 aromatic rings. The molecule has 3 nitrogen and oxygen atoms in total. The van der Waals surface area contributed by atoms with Crippen LogP contribution < -0.4 is 5.32 Å². The zero-order valence-corrected chi connectivity index (χ0v) is 14.2. The van der Waals surface area contributed by atoms with Crippen molar-refractivity contribution in [2.45, 2.75) is 19.3 Å². The third kappa shape index (κ3) is 3.85. The number of nitrogens with one attached hydrogen (secondary N) is 1. The van der Waals surface area contributed by atoms with Crippen molar-refractivity contribution in [2.24, 2.45) is 5.10 Å². The number of hydrazone groups is 1. The predicted molar refractivity (Wildman–Crippen MR) is 98.5 cm³/mol. The lowest BCUT2D eigenvalue weighted by Gasteiger charge is -2.25. The Morgan fingerprint density at radius 2 is 1.78 bits per heavy atom. The highest BCUT2D eigenvalue weighted by Gasteiger charge is 2.15. The van der Waals surface area contributed by atoms with E-state index in [1.54, 1.807) is 0 Å². The van der Waals surface area contributed by atoms with Crippen molar-refractivity contribution in [1.82, 2.24) is 5.01 Å². The highest BCUT2D eigenvalue weighted by atomic mass is 35.5. The largest absolute Gasteiger partial charge is 0.388 e. The molecule has 0 spiro atoms. The Labute approximate surface area is 143 Å². The van der Waals surface area contributed by atoms with Crippen molar-refractivity contribution in [3.63, 3.8) is 0 Å². The van der Waals surface area contributed by atoms with E-state index in [2.05, 4.69) is 22.5 Å². The minimum absolute atomic E-state index is 0.723. The van der Waals surface area contributed by atoms with Crippen LogP contribution in [0.25, 0.3) is 0 Å². The third-order valence-electron chi connectivity index (χ3n) is 4.13. The van der Waals surface area contributed by atoms with Crippen LogP contribution >= 0.6 is 11.6 Å². The number of anilines is 1. The van der Waals surface area contributed by atoms with Crippen LogP contribution in [0.4, 0.5) is 5.69 Å². The van der Waals surface area contributed by atoms with Crippen LogP contribution in [0.1, 0.15) is 30.4 Å². The van der Waals surface area contributed by atoms with Gasteiger partial charge in [0.25, 0.3) is 0 Å². The van der Waals surface area contributed by atoms with E-state index in [9.17, 15) is 0 Å². The Hall–Kier alpha value is -2.00. The first kappa shape index (κ1) is 15.9. The minimum Gasteiger partial charge on any atom is -0.388 e. The second-order valence-electron chi connectivity index (χ2n) is 5.77. The van der Waals surface area contributed by atoms with Gasteiger partial charge in [0.1, 0.15) is 0 Å². The molecule has 0 atom stereocenters. The molecule has 1 aliphatic heterocycles. The van der Waals surface area contributed by atoms with E-state index >= 15 is 0 Å². The van der Waals surface area contributed by atoms with Crippen LogP contribution in [0.5, 0.6) is 0 Å². The number of benzene rings is 2. The fourth-order valence-electron chi connectivity index (χ4n) is 2.91. The summed E-state index contributed by atoms with van der Waals surface area (Å²) in [5, 5.41) is 11.1. The molecule has 1 aliphatic rings. The van der Waals surface area contributed by atoms with Crippen molar-refractivity contribution >= 4 is 23.0 Å². The molecule has 0 aromatic heterocycles. The summed E-state index contributed by atoms with van der Waals surface area (Å²) >= 11 is 6.25. The Morgan fingerprint density at radius 3 is 2.48 bits per heavy atom. The molecule has 120 valence electrons. The van der Waals surface area contributed by atoms with E-state index in [-0.39, 0.29) is 0 Å². The summed E-state index contributed by atoms with van der Waals surface area (Å²) in [6.07, 6.45) is 3.71. The molecule has 3 rings (SSSR count). The smallest absolute Gasteiger partial charge is 0.0997 e. The molecule has 23 heavy (non-hydrogen) atoms. The van der Waals surface area contributed by atoms with Gasteiger partial charge in [-0.05, 0) is 37.5 Å². The first-order valence-corrected chi connectivity index (χ1v) is 8.52. The Balaban J connectivity index is 2.08. The SMILES string of the molecule is CNc1ccc(Cl)cc1/C(=N\N1CCCCC1)c1ccccc1. The Kier molecular flexibility index (Phi) is 5.19. The monoisotopic (exact) mass is 327 g/mol. The van der Waals surface area contributed by atoms with Gasteiger partial charge in [-0.15, -0.1) is 0 Å². The molecule has 0 amide bonds. The maximum Gasteiger partial charge on any atom is 0.0997 e. The van der Waals surface area contributed by atoms with Gasteiger partial charge in [0.15, 0.2) is 0 Å². The fraction of sp³-hybridized carbons (Fsp3) is 0.316. The molecule has 0 unspecified atom stereocenters. The highest BCUT2D eigenvalue weighted by molar-refractivity contribution is 6.31. The summed E-state index contributed by atoms with van der Waals surface area (Å²) in [7, 11) is 1.93. The second kappa shape index (κ2) is 7.51. The van der Waals surface area contributed by atoms with E-state index in [1.807, 2.05) is 43.4 Å². The van der Waals surface area contributed by atoms with E-state index in [0.717, 1.165) is 40.6 Å². The number of hydrogen-bond acceptors (Lipinski definition) is 3. The molecule has 1 saturated heterocycles. The van der Waals surface area contributed by atoms with Gasteiger partial charge in [-0.2, -0.15) is 5.10 Å².